The molecule has 1 N–H and O–H groups in total. The highest BCUT2D eigenvalue weighted by Crippen LogP contribution is 2.38. The molecule has 6 heteroatoms. The maximum atomic E-state index is 10.6. The molecule has 0 atom stereocenters. The van der Waals surface area contributed by atoms with Crippen LogP contribution in [-0.4, -0.2) is 36.5 Å². The van der Waals surface area contributed by atoms with Crippen molar-refractivity contribution in [2.75, 3.05) is 25.4 Å². The fraction of sp³-hybridized carbons (Fsp3) is 0.357. The largest absolute Gasteiger partial charge is 0.493 e. The van der Waals surface area contributed by atoms with E-state index >= 15 is 0 Å². The number of rotatable bonds is 7. The minimum atomic E-state index is -1.00. The molecule has 5 nitrogen and oxygen atoms in total. The molecular formula is C14H16O5S. The second-order valence-corrected chi connectivity index (χ2v) is 5.10. The maximum absolute atomic E-state index is 10.6. The topological polar surface area (TPSA) is 65.0 Å². The molecular weight excluding hydrogens is 280 g/mol. The van der Waals surface area contributed by atoms with Crippen molar-refractivity contribution in [2.24, 2.45) is 0 Å². The van der Waals surface area contributed by atoms with Gasteiger partial charge >= 0.3 is 5.97 Å². The second-order valence-electron chi connectivity index (χ2n) is 4.11. The fourth-order valence-electron chi connectivity index (χ4n) is 1.74. The predicted molar refractivity (Wildman–Crippen MR) is 77.7 cm³/mol. The Kier molecular flexibility index (Phi) is 5.17. The Morgan fingerprint density at radius 1 is 1.45 bits per heavy atom. The predicted octanol–water partition coefficient (Wildman–Crippen LogP) is 2.64. The highest BCUT2D eigenvalue weighted by molar-refractivity contribution is 7.98. The fourth-order valence-corrected chi connectivity index (χ4v) is 2.15. The van der Waals surface area contributed by atoms with Gasteiger partial charge in [0.05, 0.1) is 6.61 Å². The van der Waals surface area contributed by atoms with Gasteiger partial charge in [-0.2, -0.15) is 11.8 Å². The van der Waals surface area contributed by atoms with Crippen LogP contribution >= 0.6 is 11.8 Å². The molecule has 1 aromatic carbocycles. The number of carbonyl (C=O) groups is 1. The van der Waals surface area contributed by atoms with Gasteiger partial charge in [-0.15, -0.1) is 0 Å². The lowest BCUT2D eigenvalue weighted by atomic mass is 10.1. The van der Waals surface area contributed by atoms with Gasteiger partial charge in [0.25, 0.3) is 0 Å². The Hall–Kier alpha value is -1.82. The average molecular weight is 296 g/mol. The first-order valence-electron chi connectivity index (χ1n) is 6.17. The van der Waals surface area contributed by atoms with Crippen LogP contribution in [0, 0.1) is 0 Å². The summed E-state index contributed by atoms with van der Waals surface area (Å²) in [5.41, 5.74) is 0.667. The number of thioether (sulfide) groups is 1. The first-order chi connectivity index (χ1) is 9.70. The SMILES string of the molecule is CSCCCOc1cc2c(cc1/C=C/C(=O)O)OCO2. The third-order valence-corrected chi connectivity index (χ3v) is 3.36. The Balaban J connectivity index is 2.16. The van der Waals surface area contributed by atoms with Crippen molar-refractivity contribution in [3.8, 4) is 17.2 Å². The zero-order valence-electron chi connectivity index (χ0n) is 11.1. The highest BCUT2D eigenvalue weighted by Gasteiger charge is 2.17. The molecule has 1 aromatic rings. The molecule has 0 aromatic heterocycles. The maximum Gasteiger partial charge on any atom is 0.328 e. The van der Waals surface area contributed by atoms with Crippen LogP contribution < -0.4 is 14.2 Å². The number of hydrogen-bond donors (Lipinski definition) is 1. The number of carboxylic acids is 1. The van der Waals surface area contributed by atoms with E-state index < -0.39 is 5.97 Å². The molecule has 0 unspecified atom stereocenters. The van der Waals surface area contributed by atoms with Crippen LogP contribution in [0.1, 0.15) is 12.0 Å². The summed E-state index contributed by atoms with van der Waals surface area (Å²) < 4.78 is 16.3. The first-order valence-corrected chi connectivity index (χ1v) is 7.56. The summed E-state index contributed by atoms with van der Waals surface area (Å²) >= 11 is 1.76. The normalized spacial score (nSPS) is 12.8. The minimum absolute atomic E-state index is 0.174. The third kappa shape index (κ3) is 3.84. The lowest BCUT2D eigenvalue weighted by Crippen LogP contribution is -2.00. The molecule has 0 aliphatic carbocycles. The van der Waals surface area contributed by atoms with Gasteiger partial charge in [-0.3, -0.25) is 0 Å². The van der Waals surface area contributed by atoms with E-state index in [9.17, 15) is 4.79 Å². The van der Waals surface area contributed by atoms with E-state index in [2.05, 4.69) is 0 Å². The standard InChI is InChI=1S/C14H16O5S/c1-20-6-2-5-17-11-8-13-12(18-9-19-13)7-10(11)3-4-14(15)16/h3-4,7-8H,2,5-6,9H2,1H3,(H,15,16)/b4-3+. The summed E-state index contributed by atoms with van der Waals surface area (Å²) in [6.07, 6.45) is 5.54. The molecule has 0 saturated carbocycles. The Labute approximate surface area is 121 Å². The number of aliphatic carboxylic acids is 1. The van der Waals surface area contributed by atoms with Gasteiger partial charge in [-0.05, 0) is 30.6 Å². The minimum Gasteiger partial charge on any atom is -0.493 e. The van der Waals surface area contributed by atoms with E-state index in [1.165, 1.54) is 6.08 Å². The Bertz CT molecular complexity index is 513. The zero-order chi connectivity index (χ0) is 14.4. The third-order valence-electron chi connectivity index (χ3n) is 2.66. The first kappa shape index (κ1) is 14.6. The van der Waals surface area contributed by atoms with E-state index in [0.717, 1.165) is 18.2 Å². The quantitative estimate of drug-likeness (QED) is 0.616. The van der Waals surface area contributed by atoms with E-state index in [1.54, 1.807) is 23.9 Å². The molecule has 0 spiro atoms. The van der Waals surface area contributed by atoms with Gasteiger partial charge < -0.3 is 19.3 Å². The van der Waals surface area contributed by atoms with Crippen LogP contribution in [0.15, 0.2) is 18.2 Å². The van der Waals surface area contributed by atoms with Crippen molar-refractivity contribution in [3.63, 3.8) is 0 Å². The average Bonchev–Trinajstić information content (AvgIpc) is 2.87. The number of ether oxygens (including phenoxy) is 3. The van der Waals surface area contributed by atoms with E-state index in [0.29, 0.717) is 29.4 Å². The smallest absolute Gasteiger partial charge is 0.328 e. The molecule has 1 heterocycles. The van der Waals surface area contributed by atoms with Gasteiger partial charge in [-0.1, -0.05) is 0 Å². The monoisotopic (exact) mass is 296 g/mol. The van der Waals surface area contributed by atoms with Crippen molar-refractivity contribution in [1.29, 1.82) is 0 Å². The van der Waals surface area contributed by atoms with Crippen LogP contribution in [0.4, 0.5) is 0 Å². The summed E-state index contributed by atoms with van der Waals surface area (Å²) in [5.74, 6) is 1.85. The summed E-state index contributed by atoms with van der Waals surface area (Å²) in [5, 5.41) is 8.72. The van der Waals surface area contributed by atoms with Crippen LogP contribution in [0.3, 0.4) is 0 Å². The highest BCUT2D eigenvalue weighted by atomic mass is 32.2. The molecule has 0 radical (unpaired) electrons. The van der Waals surface area contributed by atoms with Crippen LogP contribution in [0.2, 0.25) is 0 Å². The molecule has 0 bridgehead atoms. The molecule has 0 saturated heterocycles. The summed E-state index contributed by atoms with van der Waals surface area (Å²) in [6, 6.07) is 3.47. The summed E-state index contributed by atoms with van der Waals surface area (Å²) in [6.45, 7) is 0.752. The van der Waals surface area contributed by atoms with Gasteiger partial charge in [-0.25, -0.2) is 4.79 Å². The molecule has 1 aliphatic rings. The van der Waals surface area contributed by atoms with Gasteiger partial charge in [0, 0.05) is 17.7 Å². The van der Waals surface area contributed by atoms with Crippen molar-refractivity contribution in [2.45, 2.75) is 6.42 Å². The number of carboxylic acid groups (broad SMARTS) is 1. The molecule has 0 fully saturated rings. The van der Waals surface area contributed by atoms with Crippen LogP contribution in [0.25, 0.3) is 6.08 Å². The van der Waals surface area contributed by atoms with Crippen molar-refractivity contribution in [1.82, 2.24) is 0 Å². The molecule has 108 valence electrons. The summed E-state index contributed by atoms with van der Waals surface area (Å²) in [4.78, 5) is 10.6. The lowest BCUT2D eigenvalue weighted by molar-refractivity contribution is -0.131. The van der Waals surface area contributed by atoms with Gasteiger partial charge in [0.1, 0.15) is 5.75 Å². The van der Waals surface area contributed by atoms with Crippen molar-refractivity contribution < 1.29 is 24.1 Å². The van der Waals surface area contributed by atoms with Crippen molar-refractivity contribution in [3.05, 3.63) is 23.8 Å². The van der Waals surface area contributed by atoms with Gasteiger partial charge in [0.15, 0.2) is 11.5 Å². The number of hydrogen-bond acceptors (Lipinski definition) is 5. The number of fused-ring (bicyclic) bond motifs is 1. The number of benzene rings is 1. The molecule has 2 rings (SSSR count). The Morgan fingerprint density at radius 2 is 2.20 bits per heavy atom. The van der Waals surface area contributed by atoms with Crippen LogP contribution in [0.5, 0.6) is 17.2 Å². The lowest BCUT2D eigenvalue weighted by Gasteiger charge is -2.10. The Morgan fingerprint density at radius 3 is 2.90 bits per heavy atom. The molecule has 20 heavy (non-hydrogen) atoms. The summed E-state index contributed by atoms with van der Waals surface area (Å²) in [7, 11) is 0. The molecule has 0 amide bonds. The van der Waals surface area contributed by atoms with Crippen LogP contribution in [-0.2, 0) is 4.79 Å². The molecule has 1 aliphatic heterocycles. The van der Waals surface area contributed by atoms with Crippen molar-refractivity contribution >= 4 is 23.8 Å². The zero-order valence-corrected chi connectivity index (χ0v) is 11.9. The van der Waals surface area contributed by atoms with Gasteiger partial charge in [0.2, 0.25) is 6.79 Å². The van der Waals surface area contributed by atoms with E-state index in [4.69, 9.17) is 19.3 Å². The van der Waals surface area contributed by atoms with E-state index in [1.807, 2.05) is 6.26 Å². The van der Waals surface area contributed by atoms with E-state index in [-0.39, 0.29) is 6.79 Å². The second kappa shape index (κ2) is 7.09.